The average molecular weight is 229 g/mol. The van der Waals surface area contributed by atoms with Crippen LogP contribution < -0.4 is 5.32 Å². The maximum Gasteiger partial charge on any atom is 0.161 e. The molecule has 0 aromatic heterocycles. The van der Waals surface area contributed by atoms with Crippen molar-refractivity contribution in [2.45, 2.75) is 19.3 Å². The van der Waals surface area contributed by atoms with Gasteiger partial charge in [0, 0.05) is 6.07 Å². The summed E-state index contributed by atoms with van der Waals surface area (Å²) in [6.07, 6.45) is 0.753. The third-order valence-electron chi connectivity index (χ3n) is 3.22. The van der Waals surface area contributed by atoms with Gasteiger partial charge in [-0.15, -0.1) is 0 Å². The Kier molecular flexibility index (Phi) is 3.19. The lowest BCUT2D eigenvalue weighted by molar-refractivity contribution is 0.339. The highest BCUT2D eigenvalue weighted by molar-refractivity contribution is 5.25. The molecule has 0 amide bonds. The first-order valence-corrected chi connectivity index (χ1v) is 5.44. The van der Waals surface area contributed by atoms with Crippen LogP contribution in [0.5, 0.6) is 0 Å². The molecule has 0 radical (unpaired) electrons. The maximum absolute atomic E-state index is 13.6. The van der Waals surface area contributed by atoms with Crippen LogP contribution in [0.4, 0.5) is 13.2 Å². The van der Waals surface area contributed by atoms with Crippen molar-refractivity contribution in [2.75, 3.05) is 13.1 Å². The summed E-state index contributed by atoms with van der Waals surface area (Å²) >= 11 is 0. The number of hydrogen-bond donors (Lipinski definition) is 1. The number of rotatable bonds is 1. The molecular weight excluding hydrogens is 215 g/mol. The summed E-state index contributed by atoms with van der Waals surface area (Å²) in [5.74, 6) is -2.54. The van der Waals surface area contributed by atoms with Crippen molar-refractivity contribution >= 4 is 0 Å². The molecule has 1 aliphatic rings. The van der Waals surface area contributed by atoms with E-state index in [1.807, 2.05) is 6.92 Å². The predicted octanol–water partition coefficient (Wildman–Crippen LogP) is 2.82. The Hall–Kier alpha value is -1.03. The first-order chi connectivity index (χ1) is 7.59. The van der Waals surface area contributed by atoms with Crippen LogP contribution in [0.1, 0.15) is 24.8 Å². The normalized spacial score (nSPS) is 25.8. The van der Waals surface area contributed by atoms with Gasteiger partial charge < -0.3 is 5.32 Å². The molecule has 4 heteroatoms. The smallest absolute Gasteiger partial charge is 0.161 e. The number of benzene rings is 1. The lowest BCUT2D eigenvalue weighted by atomic mass is 9.82. The van der Waals surface area contributed by atoms with Gasteiger partial charge in [0.25, 0.3) is 0 Å². The van der Waals surface area contributed by atoms with Crippen molar-refractivity contribution in [1.82, 2.24) is 5.32 Å². The highest BCUT2D eigenvalue weighted by Crippen LogP contribution is 2.32. The van der Waals surface area contributed by atoms with Gasteiger partial charge in [0.05, 0.1) is 0 Å². The van der Waals surface area contributed by atoms with Gasteiger partial charge in [0.2, 0.25) is 0 Å². The molecule has 0 unspecified atom stereocenters. The molecule has 1 N–H and O–H groups in total. The third-order valence-corrected chi connectivity index (χ3v) is 3.22. The topological polar surface area (TPSA) is 12.0 Å². The lowest BCUT2D eigenvalue weighted by Crippen LogP contribution is -2.34. The van der Waals surface area contributed by atoms with E-state index in [0.717, 1.165) is 25.6 Å². The van der Waals surface area contributed by atoms with E-state index >= 15 is 0 Å². The van der Waals surface area contributed by atoms with Gasteiger partial charge in [-0.1, -0.05) is 6.92 Å². The summed E-state index contributed by atoms with van der Waals surface area (Å²) in [5.41, 5.74) is 0.299. The van der Waals surface area contributed by atoms with Gasteiger partial charge in [0.15, 0.2) is 11.6 Å². The Balaban J connectivity index is 2.35. The quantitative estimate of drug-likeness (QED) is 0.730. The van der Waals surface area contributed by atoms with E-state index in [2.05, 4.69) is 5.32 Å². The van der Waals surface area contributed by atoms with Crippen LogP contribution in [-0.2, 0) is 0 Å². The molecule has 1 aliphatic heterocycles. The molecule has 0 saturated carbocycles. The molecule has 0 aliphatic carbocycles. The third kappa shape index (κ3) is 2.07. The van der Waals surface area contributed by atoms with Gasteiger partial charge in [-0.25, -0.2) is 13.2 Å². The Labute approximate surface area is 92.7 Å². The molecule has 0 spiro atoms. The van der Waals surface area contributed by atoms with Crippen molar-refractivity contribution in [1.29, 1.82) is 0 Å². The standard InChI is InChI=1S/C12H14F3N/c1-7-6-16-3-2-8(7)9-4-11(14)12(15)5-10(9)13/h4-5,7-8,16H,2-3,6H2,1H3/t7-,8+/m1/s1. The van der Waals surface area contributed by atoms with Gasteiger partial charge in [-0.2, -0.15) is 0 Å². The zero-order valence-electron chi connectivity index (χ0n) is 9.06. The summed E-state index contributed by atoms with van der Waals surface area (Å²) in [6, 6.07) is 1.64. The minimum atomic E-state index is -1.12. The van der Waals surface area contributed by atoms with Gasteiger partial charge in [-0.05, 0) is 43.0 Å². The Morgan fingerprint density at radius 3 is 2.50 bits per heavy atom. The van der Waals surface area contributed by atoms with Gasteiger partial charge >= 0.3 is 0 Å². The Morgan fingerprint density at radius 1 is 1.12 bits per heavy atom. The Morgan fingerprint density at radius 2 is 1.81 bits per heavy atom. The second kappa shape index (κ2) is 4.45. The highest BCUT2D eigenvalue weighted by Gasteiger charge is 2.26. The summed E-state index contributed by atoms with van der Waals surface area (Å²) in [4.78, 5) is 0. The van der Waals surface area contributed by atoms with E-state index < -0.39 is 17.5 Å². The second-order valence-corrected chi connectivity index (χ2v) is 4.36. The van der Waals surface area contributed by atoms with Crippen molar-refractivity contribution < 1.29 is 13.2 Å². The molecule has 1 fully saturated rings. The van der Waals surface area contributed by atoms with Crippen molar-refractivity contribution in [3.8, 4) is 0 Å². The van der Waals surface area contributed by atoms with Crippen LogP contribution in [0.25, 0.3) is 0 Å². The summed E-state index contributed by atoms with van der Waals surface area (Å²) in [7, 11) is 0. The van der Waals surface area contributed by atoms with E-state index in [9.17, 15) is 13.2 Å². The van der Waals surface area contributed by atoms with E-state index in [1.54, 1.807) is 0 Å². The molecule has 2 rings (SSSR count). The monoisotopic (exact) mass is 229 g/mol. The second-order valence-electron chi connectivity index (χ2n) is 4.36. The molecule has 0 bridgehead atoms. The molecular formula is C12H14F3N. The number of piperidine rings is 1. The van der Waals surface area contributed by atoms with Crippen molar-refractivity contribution in [3.63, 3.8) is 0 Å². The van der Waals surface area contributed by atoms with Crippen LogP contribution in [0.2, 0.25) is 0 Å². The fraction of sp³-hybridized carbons (Fsp3) is 0.500. The van der Waals surface area contributed by atoms with Crippen LogP contribution in [0.3, 0.4) is 0 Å². The van der Waals surface area contributed by atoms with E-state index in [-0.39, 0.29) is 11.8 Å². The van der Waals surface area contributed by atoms with Crippen molar-refractivity contribution in [2.24, 2.45) is 5.92 Å². The van der Waals surface area contributed by atoms with Crippen LogP contribution >= 0.6 is 0 Å². The van der Waals surface area contributed by atoms with E-state index in [4.69, 9.17) is 0 Å². The van der Waals surface area contributed by atoms with E-state index in [0.29, 0.717) is 11.6 Å². The number of hydrogen-bond acceptors (Lipinski definition) is 1. The molecule has 1 heterocycles. The fourth-order valence-electron chi connectivity index (χ4n) is 2.30. The van der Waals surface area contributed by atoms with Crippen LogP contribution in [-0.4, -0.2) is 13.1 Å². The van der Waals surface area contributed by atoms with Crippen molar-refractivity contribution in [3.05, 3.63) is 35.1 Å². The minimum Gasteiger partial charge on any atom is -0.316 e. The van der Waals surface area contributed by atoms with Gasteiger partial charge in [-0.3, -0.25) is 0 Å². The molecule has 1 aromatic rings. The highest BCUT2D eigenvalue weighted by atomic mass is 19.2. The molecule has 88 valence electrons. The van der Waals surface area contributed by atoms with Gasteiger partial charge in [0.1, 0.15) is 5.82 Å². The Bertz CT molecular complexity index is 392. The lowest BCUT2D eigenvalue weighted by Gasteiger charge is -2.30. The SMILES string of the molecule is C[C@@H]1CNCC[C@@H]1c1cc(F)c(F)cc1F. The largest absolute Gasteiger partial charge is 0.316 e. The zero-order chi connectivity index (χ0) is 11.7. The molecule has 1 saturated heterocycles. The minimum absolute atomic E-state index is 0.0312. The predicted molar refractivity (Wildman–Crippen MR) is 55.7 cm³/mol. The summed E-state index contributed by atoms with van der Waals surface area (Å²) in [6.45, 7) is 3.55. The summed E-state index contributed by atoms with van der Waals surface area (Å²) < 4.78 is 39.4. The number of halogens is 3. The molecule has 2 atom stereocenters. The average Bonchev–Trinajstić information content (AvgIpc) is 2.25. The van der Waals surface area contributed by atoms with E-state index in [1.165, 1.54) is 0 Å². The van der Waals surface area contributed by atoms with Crippen LogP contribution in [0.15, 0.2) is 12.1 Å². The fourth-order valence-corrected chi connectivity index (χ4v) is 2.30. The number of nitrogens with one attached hydrogen (secondary N) is 1. The first kappa shape index (κ1) is 11.5. The molecule has 16 heavy (non-hydrogen) atoms. The first-order valence-electron chi connectivity index (χ1n) is 5.44. The molecule has 1 nitrogen and oxygen atoms in total. The molecule has 1 aromatic carbocycles. The van der Waals surface area contributed by atoms with Crippen LogP contribution in [0, 0.1) is 23.4 Å². The zero-order valence-corrected chi connectivity index (χ0v) is 9.06. The summed E-state index contributed by atoms with van der Waals surface area (Å²) in [5, 5.41) is 3.19. The maximum atomic E-state index is 13.6.